The second-order valence-corrected chi connectivity index (χ2v) is 18.1. The van der Waals surface area contributed by atoms with Gasteiger partial charge in [-0.25, -0.2) is 4.21 Å². The molecule has 1 spiro atoms. The zero-order valence-corrected chi connectivity index (χ0v) is 32.1. The minimum absolute atomic E-state index is 0.0555. The summed E-state index contributed by atoms with van der Waals surface area (Å²) in [6.07, 6.45) is 9.92. The van der Waals surface area contributed by atoms with Crippen LogP contribution in [-0.2, 0) is 37.6 Å². The van der Waals surface area contributed by atoms with Gasteiger partial charge in [0.15, 0.2) is 5.76 Å². The van der Waals surface area contributed by atoms with Crippen molar-refractivity contribution in [3.8, 4) is 5.75 Å². The zero-order chi connectivity index (χ0) is 36.6. The Morgan fingerprint density at radius 1 is 1.15 bits per heavy atom. The Hall–Kier alpha value is -3.44. The van der Waals surface area contributed by atoms with Gasteiger partial charge in [-0.3, -0.25) is 9.59 Å². The van der Waals surface area contributed by atoms with Crippen LogP contribution in [0.3, 0.4) is 0 Å². The predicted octanol–water partition coefficient (Wildman–Crippen LogP) is 7.99. The van der Waals surface area contributed by atoms with E-state index >= 15 is 0 Å². The number of amides is 1. The molecule has 52 heavy (non-hydrogen) atoms. The van der Waals surface area contributed by atoms with E-state index in [1.165, 1.54) is 11.1 Å². The van der Waals surface area contributed by atoms with E-state index < -0.39 is 27.2 Å². The first-order valence-electron chi connectivity index (χ1n) is 18.4. The Bertz CT molecular complexity index is 2000. The number of carbonyl (C=O) groups excluding carboxylic acids is 2. The number of allylic oxidation sites excluding steroid dienone is 1. The lowest BCUT2D eigenvalue weighted by molar-refractivity contribution is 0.0131. The van der Waals surface area contributed by atoms with Gasteiger partial charge in [-0.05, 0) is 116 Å². The third kappa shape index (κ3) is 7.49. The van der Waals surface area contributed by atoms with Crippen molar-refractivity contribution >= 4 is 38.7 Å². The molecule has 0 N–H and O–H groups in total. The van der Waals surface area contributed by atoms with Crippen LogP contribution in [0.5, 0.6) is 5.75 Å². The smallest absolute Gasteiger partial charge is 0.285 e. The number of carbonyl (C=O) groups is 2. The predicted molar refractivity (Wildman–Crippen MR) is 203 cm³/mol. The van der Waals surface area contributed by atoms with Gasteiger partial charge in [-0.2, -0.15) is 4.36 Å². The summed E-state index contributed by atoms with van der Waals surface area (Å²) in [6.45, 7) is 6.03. The van der Waals surface area contributed by atoms with Crippen molar-refractivity contribution < 1.29 is 32.4 Å². The van der Waals surface area contributed by atoms with E-state index in [2.05, 4.69) is 33.5 Å². The molecule has 1 fully saturated rings. The maximum Gasteiger partial charge on any atom is 0.285 e. The maximum absolute atomic E-state index is 14.7. The second-order valence-electron chi connectivity index (χ2n) is 15.3. The summed E-state index contributed by atoms with van der Waals surface area (Å²) in [4.78, 5) is 30.0. The van der Waals surface area contributed by atoms with Crippen molar-refractivity contribution in [2.45, 2.75) is 70.5 Å². The van der Waals surface area contributed by atoms with E-state index in [0.29, 0.717) is 41.9 Å². The van der Waals surface area contributed by atoms with Gasteiger partial charge in [-0.15, -0.1) is 0 Å². The van der Waals surface area contributed by atoms with Crippen LogP contribution in [0, 0.1) is 24.7 Å². The highest BCUT2D eigenvalue weighted by Gasteiger charge is 2.44. The molecule has 9 nitrogen and oxygen atoms in total. The lowest BCUT2D eigenvalue weighted by atomic mass is 9.68. The number of methoxy groups -OCH3 is 2. The molecule has 2 aliphatic heterocycles. The minimum Gasteiger partial charge on any atom is -0.490 e. The number of benzene rings is 2. The molecule has 0 unspecified atom stereocenters. The summed E-state index contributed by atoms with van der Waals surface area (Å²) in [5.41, 5.74) is 4.19. The number of Topliss-reactive ketones (excluding diaryl/α,β-unsaturated/α-hetero) is 1. The van der Waals surface area contributed by atoms with E-state index in [9.17, 15) is 13.8 Å². The molecular weight excluding hydrogens is 700 g/mol. The molecule has 1 aromatic heterocycles. The van der Waals surface area contributed by atoms with Crippen LogP contribution in [0.1, 0.15) is 82.4 Å². The lowest BCUT2D eigenvalue weighted by Crippen LogP contribution is -2.49. The zero-order valence-electron chi connectivity index (χ0n) is 30.5. The number of aryl methyl sites for hydroxylation is 2. The molecule has 278 valence electrons. The van der Waals surface area contributed by atoms with Gasteiger partial charge in [0, 0.05) is 49.1 Å². The van der Waals surface area contributed by atoms with Crippen LogP contribution in [0.25, 0.3) is 0 Å². The number of ether oxygens (including phenoxy) is 3. The average molecular weight is 749 g/mol. The number of hydrogen-bond acceptors (Lipinski definition) is 8. The van der Waals surface area contributed by atoms with E-state index in [1.807, 2.05) is 32.0 Å². The number of halogens is 1. The summed E-state index contributed by atoms with van der Waals surface area (Å²) in [6, 6.07) is 13.3. The number of hydrogen-bond donors (Lipinski definition) is 0. The van der Waals surface area contributed by atoms with E-state index in [1.54, 1.807) is 26.4 Å². The Kier molecular flexibility index (Phi) is 10.7. The fourth-order valence-corrected chi connectivity index (χ4v) is 11.1. The summed E-state index contributed by atoms with van der Waals surface area (Å²) < 4.78 is 42.8. The van der Waals surface area contributed by atoms with E-state index in [-0.39, 0.29) is 35.6 Å². The first-order chi connectivity index (χ1) is 25.0. The highest BCUT2D eigenvalue weighted by molar-refractivity contribution is 7.94. The standard InChI is InChI=1S/C41H49ClN2O7S/c1-26-7-5-9-36(49-4)32-13-10-30(32)20-44-24-41(16-6-8-28-18-31(42)12-14-33(28)41)25-50-37-15-11-29(19-34(37)44)40(46)43-52(47,22-26)23-35(45)38-17-27(2)39(51-38)21-48-3/h5,9,11-12,14-15,17-19,26,30,32,36H,6-8,10,13,16,20-25H2,1-4H3/b9-5+/t26-,30-,32+,36-,41-,52+/m0/s1. The molecule has 2 aromatic carbocycles. The molecule has 3 heterocycles. The highest BCUT2D eigenvalue weighted by Crippen LogP contribution is 2.47. The molecule has 6 atom stereocenters. The number of nitrogens with zero attached hydrogens (tertiary/aromatic N) is 2. The van der Waals surface area contributed by atoms with Crippen LogP contribution in [0.2, 0.25) is 5.02 Å². The number of fused-ring (bicyclic) bond motifs is 4. The Morgan fingerprint density at radius 2 is 2.00 bits per heavy atom. The number of rotatable bonds is 6. The van der Waals surface area contributed by atoms with Crippen LogP contribution in [0.15, 0.2) is 63.4 Å². The van der Waals surface area contributed by atoms with Crippen molar-refractivity contribution in [2.75, 3.05) is 50.3 Å². The van der Waals surface area contributed by atoms with E-state index in [0.717, 1.165) is 61.5 Å². The molecular formula is C41H49ClN2O7S. The summed E-state index contributed by atoms with van der Waals surface area (Å²) >= 11 is 6.46. The molecule has 0 saturated heterocycles. The van der Waals surface area contributed by atoms with Gasteiger partial charge in [0.25, 0.3) is 5.91 Å². The maximum atomic E-state index is 14.7. The first kappa shape index (κ1) is 36.9. The van der Waals surface area contributed by atoms with Gasteiger partial charge in [0.05, 0.1) is 33.9 Å². The summed E-state index contributed by atoms with van der Waals surface area (Å²) in [5.74, 6) is 0.531. The van der Waals surface area contributed by atoms with Gasteiger partial charge in [0.1, 0.15) is 18.1 Å². The van der Waals surface area contributed by atoms with Crippen molar-refractivity contribution in [3.05, 3.63) is 93.4 Å². The Labute approximate surface area is 312 Å². The third-order valence-corrected chi connectivity index (χ3v) is 14.0. The number of anilines is 1. The molecule has 11 heteroatoms. The molecule has 2 bridgehead atoms. The first-order valence-corrected chi connectivity index (χ1v) is 20.6. The topological polar surface area (TPSA) is 108 Å². The Balaban J connectivity index is 1.29. The minimum atomic E-state index is -3.34. The Morgan fingerprint density at radius 3 is 2.77 bits per heavy atom. The molecule has 1 saturated carbocycles. The van der Waals surface area contributed by atoms with Crippen molar-refractivity contribution in [2.24, 2.45) is 22.1 Å². The summed E-state index contributed by atoms with van der Waals surface area (Å²) in [7, 11) is -0.0232. The molecule has 3 aromatic rings. The largest absolute Gasteiger partial charge is 0.490 e. The number of ketones is 1. The van der Waals surface area contributed by atoms with Crippen molar-refractivity contribution in [1.29, 1.82) is 0 Å². The monoisotopic (exact) mass is 748 g/mol. The van der Waals surface area contributed by atoms with Crippen LogP contribution in [-0.4, -0.2) is 67.4 Å². The van der Waals surface area contributed by atoms with Crippen LogP contribution < -0.4 is 9.64 Å². The normalized spacial score (nSPS) is 29.6. The molecule has 1 amide bonds. The fraction of sp³-hybridized carbons (Fsp3) is 0.512. The van der Waals surface area contributed by atoms with Gasteiger partial charge in [0.2, 0.25) is 5.78 Å². The molecule has 2 aliphatic carbocycles. The van der Waals surface area contributed by atoms with Crippen molar-refractivity contribution in [1.82, 2.24) is 0 Å². The molecule has 7 rings (SSSR count). The second kappa shape index (κ2) is 15.1. The van der Waals surface area contributed by atoms with Gasteiger partial charge < -0.3 is 23.5 Å². The van der Waals surface area contributed by atoms with Crippen molar-refractivity contribution in [3.63, 3.8) is 0 Å². The molecule has 4 aliphatic rings. The average Bonchev–Trinajstić information content (AvgIpc) is 3.39. The van der Waals surface area contributed by atoms with E-state index in [4.69, 9.17) is 30.2 Å². The fourth-order valence-electron chi connectivity index (χ4n) is 8.68. The van der Waals surface area contributed by atoms with Crippen LogP contribution >= 0.6 is 11.6 Å². The van der Waals surface area contributed by atoms with Crippen LogP contribution in [0.4, 0.5) is 5.69 Å². The quantitative estimate of drug-likeness (QED) is 0.185. The third-order valence-electron chi connectivity index (χ3n) is 11.5. The van der Waals surface area contributed by atoms with Gasteiger partial charge >= 0.3 is 0 Å². The lowest BCUT2D eigenvalue weighted by Gasteiger charge is -2.46. The van der Waals surface area contributed by atoms with Gasteiger partial charge in [-0.1, -0.05) is 36.7 Å². The number of furan rings is 1. The summed E-state index contributed by atoms with van der Waals surface area (Å²) in [5, 5.41) is 0.740. The SMILES string of the molecule is COCc1oc(C(=O)C[S@@]2(=O)=NC(=O)c3ccc4c(c3)N(C[C@@H]3CC[C@H]3[C@@H](OC)/C=C/C[C@H](C)C2)C[C@@]2(CCCc3cc(Cl)ccc32)CO4)cc1C. The molecule has 0 radical (unpaired) electrons. The highest BCUT2D eigenvalue weighted by atomic mass is 35.5.